The Morgan fingerprint density at radius 3 is 2.88 bits per heavy atom. The third kappa shape index (κ3) is 4.46. The third-order valence-electron chi connectivity index (χ3n) is 2.06. The Morgan fingerprint density at radius 1 is 1.53 bits per heavy atom. The molecule has 1 rings (SSSR count). The van der Waals surface area contributed by atoms with E-state index >= 15 is 0 Å². The van der Waals surface area contributed by atoms with Crippen molar-refractivity contribution in [2.24, 2.45) is 0 Å². The van der Waals surface area contributed by atoms with Crippen LogP contribution in [0.4, 0.5) is 14.6 Å². The van der Waals surface area contributed by atoms with Crippen molar-refractivity contribution in [2.75, 3.05) is 29.9 Å². The Balaban J connectivity index is 2.91. The Labute approximate surface area is 108 Å². The number of rotatable bonds is 7. The van der Waals surface area contributed by atoms with Crippen molar-refractivity contribution >= 4 is 21.7 Å². The van der Waals surface area contributed by atoms with E-state index < -0.39 is 6.43 Å². The highest BCUT2D eigenvalue weighted by Crippen LogP contribution is 2.25. The van der Waals surface area contributed by atoms with Gasteiger partial charge in [-0.25, -0.2) is 13.8 Å². The van der Waals surface area contributed by atoms with Gasteiger partial charge >= 0.3 is 0 Å². The summed E-state index contributed by atoms with van der Waals surface area (Å²) >= 11 is 3.25. The van der Waals surface area contributed by atoms with Gasteiger partial charge < -0.3 is 9.64 Å². The fraction of sp³-hybridized carbons (Fsp3) is 0.545. The SMILES string of the molecule is CCOc1cccnc1N(CCBr)CC(F)F. The fourth-order valence-electron chi connectivity index (χ4n) is 1.44. The molecular weight excluding hydrogens is 294 g/mol. The van der Waals surface area contributed by atoms with Crippen molar-refractivity contribution in [3.05, 3.63) is 18.3 Å². The van der Waals surface area contributed by atoms with Gasteiger partial charge in [0, 0.05) is 18.1 Å². The number of aromatic nitrogens is 1. The van der Waals surface area contributed by atoms with Crippen LogP contribution in [-0.2, 0) is 0 Å². The largest absolute Gasteiger partial charge is 0.490 e. The predicted octanol–water partition coefficient (Wildman–Crippen LogP) is 2.95. The van der Waals surface area contributed by atoms with Gasteiger partial charge in [-0.3, -0.25) is 0 Å². The Hall–Kier alpha value is -0.910. The van der Waals surface area contributed by atoms with Crippen LogP contribution in [0.3, 0.4) is 0 Å². The molecule has 3 nitrogen and oxygen atoms in total. The molecule has 0 amide bonds. The van der Waals surface area contributed by atoms with E-state index in [1.54, 1.807) is 18.3 Å². The molecule has 0 saturated carbocycles. The van der Waals surface area contributed by atoms with Crippen molar-refractivity contribution in [1.82, 2.24) is 4.98 Å². The van der Waals surface area contributed by atoms with Crippen LogP contribution in [0, 0.1) is 0 Å². The molecular formula is C11H15BrF2N2O. The summed E-state index contributed by atoms with van der Waals surface area (Å²) in [5.74, 6) is 1.01. The topological polar surface area (TPSA) is 25.4 Å². The number of ether oxygens (including phenoxy) is 1. The lowest BCUT2D eigenvalue weighted by Gasteiger charge is -2.24. The van der Waals surface area contributed by atoms with E-state index in [9.17, 15) is 8.78 Å². The minimum atomic E-state index is -2.40. The standard InChI is InChI=1S/C11H15BrF2N2O/c1-2-17-9-4-3-6-15-11(9)16(7-5-12)8-10(13)14/h3-4,6,10H,2,5,7-8H2,1H3. The first kappa shape index (κ1) is 14.2. The number of pyridine rings is 1. The summed E-state index contributed by atoms with van der Waals surface area (Å²) in [6.07, 6.45) is -0.824. The van der Waals surface area contributed by atoms with Crippen molar-refractivity contribution < 1.29 is 13.5 Å². The Bertz CT molecular complexity index is 339. The number of alkyl halides is 3. The van der Waals surface area contributed by atoms with Crippen LogP contribution in [0.5, 0.6) is 5.75 Å². The van der Waals surface area contributed by atoms with Crippen LogP contribution in [0.15, 0.2) is 18.3 Å². The number of hydrogen-bond donors (Lipinski definition) is 0. The molecule has 1 aromatic heterocycles. The van der Waals surface area contributed by atoms with E-state index in [1.807, 2.05) is 6.92 Å². The second kappa shape index (κ2) is 7.42. The summed E-state index contributed by atoms with van der Waals surface area (Å²) in [5.41, 5.74) is 0. The zero-order valence-corrected chi connectivity index (χ0v) is 11.2. The van der Waals surface area contributed by atoms with Crippen molar-refractivity contribution in [3.63, 3.8) is 0 Å². The highest BCUT2D eigenvalue weighted by Gasteiger charge is 2.17. The van der Waals surface area contributed by atoms with Gasteiger partial charge in [-0.15, -0.1) is 0 Å². The molecule has 0 aromatic carbocycles. The molecule has 0 unspecified atom stereocenters. The molecule has 1 aromatic rings. The van der Waals surface area contributed by atoms with Crippen molar-refractivity contribution in [3.8, 4) is 5.75 Å². The molecule has 0 saturated heterocycles. The zero-order chi connectivity index (χ0) is 12.7. The van der Waals surface area contributed by atoms with E-state index in [0.29, 0.717) is 30.0 Å². The van der Waals surface area contributed by atoms with E-state index in [1.165, 1.54) is 4.90 Å². The number of hydrogen-bond acceptors (Lipinski definition) is 3. The Morgan fingerprint density at radius 2 is 2.29 bits per heavy atom. The highest BCUT2D eigenvalue weighted by molar-refractivity contribution is 9.09. The summed E-state index contributed by atoms with van der Waals surface area (Å²) in [5, 5.41) is 0.599. The van der Waals surface area contributed by atoms with E-state index in [4.69, 9.17) is 4.74 Å². The second-order valence-electron chi connectivity index (χ2n) is 3.28. The number of nitrogens with zero attached hydrogens (tertiary/aromatic N) is 2. The molecule has 0 radical (unpaired) electrons. The first-order valence-corrected chi connectivity index (χ1v) is 6.48. The molecule has 0 atom stereocenters. The summed E-state index contributed by atoms with van der Waals surface area (Å²) in [7, 11) is 0. The molecule has 0 bridgehead atoms. The zero-order valence-electron chi connectivity index (χ0n) is 9.57. The summed E-state index contributed by atoms with van der Waals surface area (Å²) < 4.78 is 30.4. The average Bonchev–Trinajstić information content (AvgIpc) is 2.29. The Kier molecular flexibility index (Phi) is 6.18. The van der Waals surface area contributed by atoms with Gasteiger partial charge in [0.15, 0.2) is 11.6 Å². The van der Waals surface area contributed by atoms with Gasteiger partial charge in [-0.1, -0.05) is 15.9 Å². The summed E-state index contributed by atoms with van der Waals surface area (Å²) in [6.45, 7) is 2.44. The van der Waals surface area contributed by atoms with Gasteiger partial charge in [0.2, 0.25) is 0 Å². The number of anilines is 1. The molecule has 0 N–H and O–H groups in total. The highest BCUT2D eigenvalue weighted by atomic mass is 79.9. The maximum Gasteiger partial charge on any atom is 0.255 e. The average molecular weight is 309 g/mol. The second-order valence-corrected chi connectivity index (χ2v) is 4.08. The fourth-order valence-corrected chi connectivity index (χ4v) is 1.87. The minimum absolute atomic E-state index is 0.345. The maximum absolute atomic E-state index is 12.5. The van der Waals surface area contributed by atoms with Gasteiger partial charge in [0.1, 0.15) is 0 Å². The lowest BCUT2D eigenvalue weighted by molar-refractivity contribution is 0.155. The quantitative estimate of drug-likeness (QED) is 0.724. The van der Waals surface area contributed by atoms with Gasteiger partial charge in [-0.2, -0.15) is 0 Å². The summed E-state index contributed by atoms with van der Waals surface area (Å²) in [6, 6.07) is 3.46. The van der Waals surface area contributed by atoms with Crippen molar-refractivity contribution in [1.29, 1.82) is 0 Å². The maximum atomic E-state index is 12.5. The van der Waals surface area contributed by atoms with Crippen LogP contribution in [0.1, 0.15) is 6.92 Å². The van der Waals surface area contributed by atoms with Gasteiger partial charge in [0.25, 0.3) is 6.43 Å². The predicted molar refractivity (Wildman–Crippen MR) is 67.4 cm³/mol. The molecule has 17 heavy (non-hydrogen) atoms. The monoisotopic (exact) mass is 308 g/mol. The molecule has 0 aliphatic rings. The van der Waals surface area contributed by atoms with Gasteiger partial charge in [0.05, 0.1) is 13.2 Å². The van der Waals surface area contributed by atoms with E-state index in [0.717, 1.165) is 0 Å². The minimum Gasteiger partial charge on any atom is -0.490 e. The molecule has 0 aliphatic heterocycles. The normalized spacial score (nSPS) is 10.6. The first-order chi connectivity index (χ1) is 8.19. The molecule has 6 heteroatoms. The lowest BCUT2D eigenvalue weighted by atomic mass is 10.3. The lowest BCUT2D eigenvalue weighted by Crippen LogP contribution is -2.31. The summed E-state index contributed by atoms with van der Waals surface area (Å²) in [4.78, 5) is 5.63. The molecule has 1 heterocycles. The third-order valence-corrected chi connectivity index (χ3v) is 2.42. The smallest absolute Gasteiger partial charge is 0.255 e. The van der Waals surface area contributed by atoms with Crippen LogP contribution in [-0.4, -0.2) is 36.4 Å². The van der Waals surface area contributed by atoms with E-state index in [2.05, 4.69) is 20.9 Å². The molecule has 0 aliphatic carbocycles. The van der Waals surface area contributed by atoms with Gasteiger partial charge in [-0.05, 0) is 19.1 Å². The number of halogens is 3. The van der Waals surface area contributed by atoms with Crippen molar-refractivity contribution in [2.45, 2.75) is 13.3 Å². The van der Waals surface area contributed by atoms with Crippen LogP contribution < -0.4 is 9.64 Å². The molecule has 0 spiro atoms. The van der Waals surface area contributed by atoms with Crippen LogP contribution in [0.25, 0.3) is 0 Å². The molecule has 0 fully saturated rings. The first-order valence-electron chi connectivity index (χ1n) is 5.36. The van der Waals surface area contributed by atoms with Crippen LogP contribution in [0.2, 0.25) is 0 Å². The van der Waals surface area contributed by atoms with E-state index in [-0.39, 0.29) is 6.54 Å². The van der Waals surface area contributed by atoms with Crippen LogP contribution >= 0.6 is 15.9 Å². The molecule has 96 valence electrons.